The molecule has 144 valence electrons. The van der Waals surface area contributed by atoms with Crippen LogP contribution in [0, 0.1) is 6.92 Å². The smallest absolute Gasteiger partial charge is 0.227 e. The number of amides is 2. The van der Waals surface area contributed by atoms with E-state index in [0.717, 1.165) is 11.3 Å². The largest absolute Gasteiger partial charge is 0.497 e. The number of carbonyl (C=O) groups excluding carboxylic acids is 2. The van der Waals surface area contributed by atoms with Crippen LogP contribution in [0.5, 0.6) is 5.75 Å². The van der Waals surface area contributed by atoms with Gasteiger partial charge in [0.1, 0.15) is 5.75 Å². The molecule has 2 heterocycles. The van der Waals surface area contributed by atoms with Gasteiger partial charge in [0.15, 0.2) is 0 Å². The van der Waals surface area contributed by atoms with E-state index in [-0.39, 0.29) is 11.8 Å². The summed E-state index contributed by atoms with van der Waals surface area (Å²) in [6.45, 7) is 3.94. The molecule has 1 aromatic heterocycles. The summed E-state index contributed by atoms with van der Waals surface area (Å²) in [7, 11) is 1.62. The van der Waals surface area contributed by atoms with Crippen molar-refractivity contribution in [2.24, 2.45) is 0 Å². The molecule has 2 aromatic rings. The lowest BCUT2D eigenvalue weighted by atomic mass is 10.1. The van der Waals surface area contributed by atoms with Crippen LogP contribution in [0.1, 0.15) is 23.8 Å². The second-order valence-electron chi connectivity index (χ2n) is 6.50. The van der Waals surface area contributed by atoms with Crippen molar-refractivity contribution in [2.75, 3.05) is 33.3 Å². The van der Waals surface area contributed by atoms with Crippen LogP contribution in [0.3, 0.4) is 0 Å². The quantitative estimate of drug-likeness (QED) is 0.758. The Kier molecular flexibility index (Phi) is 6.05. The highest BCUT2D eigenvalue weighted by Gasteiger charge is 2.24. The highest BCUT2D eigenvalue weighted by atomic mass is 16.5. The fraction of sp³-hybridized carbons (Fsp3) is 0.474. The minimum atomic E-state index is 0.0492. The van der Waals surface area contributed by atoms with E-state index in [9.17, 15) is 9.59 Å². The third-order valence-corrected chi connectivity index (χ3v) is 4.62. The summed E-state index contributed by atoms with van der Waals surface area (Å²) in [6.07, 6.45) is 1.13. The van der Waals surface area contributed by atoms with Crippen LogP contribution in [0.15, 0.2) is 28.7 Å². The summed E-state index contributed by atoms with van der Waals surface area (Å²) in [5.41, 5.74) is 0.953. The number of aromatic nitrogens is 2. The first-order chi connectivity index (χ1) is 13.0. The summed E-state index contributed by atoms with van der Waals surface area (Å²) < 4.78 is 10.4. The fourth-order valence-electron chi connectivity index (χ4n) is 3.05. The predicted molar refractivity (Wildman–Crippen MR) is 97.2 cm³/mol. The first kappa shape index (κ1) is 18.9. The average Bonchev–Trinajstić information content (AvgIpc) is 3.12. The second-order valence-corrected chi connectivity index (χ2v) is 6.50. The highest BCUT2D eigenvalue weighted by molar-refractivity contribution is 5.80. The molecule has 0 unspecified atom stereocenters. The molecule has 0 bridgehead atoms. The van der Waals surface area contributed by atoms with E-state index in [1.807, 2.05) is 29.2 Å². The number of rotatable bonds is 6. The minimum absolute atomic E-state index is 0.0492. The number of methoxy groups -OCH3 is 1. The molecule has 1 aliphatic heterocycles. The van der Waals surface area contributed by atoms with Crippen molar-refractivity contribution in [3.05, 3.63) is 41.6 Å². The second kappa shape index (κ2) is 8.66. The van der Waals surface area contributed by atoms with Crippen molar-refractivity contribution in [1.29, 1.82) is 0 Å². The predicted octanol–water partition coefficient (Wildman–Crippen LogP) is 1.23. The van der Waals surface area contributed by atoms with Gasteiger partial charge in [0, 0.05) is 45.9 Å². The molecule has 1 saturated heterocycles. The van der Waals surface area contributed by atoms with Gasteiger partial charge >= 0.3 is 0 Å². The van der Waals surface area contributed by atoms with Crippen LogP contribution in [0.2, 0.25) is 0 Å². The number of carbonyl (C=O) groups is 2. The normalized spacial score (nSPS) is 14.3. The molecule has 1 aromatic carbocycles. The molecule has 0 saturated carbocycles. The summed E-state index contributed by atoms with van der Waals surface area (Å²) >= 11 is 0. The van der Waals surface area contributed by atoms with E-state index in [0.29, 0.717) is 57.2 Å². The topological polar surface area (TPSA) is 88.8 Å². The zero-order valence-electron chi connectivity index (χ0n) is 15.7. The zero-order valence-corrected chi connectivity index (χ0v) is 15.7. The number of hydrogen-bond donors (Lipinski definition) is 0. The average molecular weight is 372 g/mol. The lowest BCUT2D eigenvalue weighted by molar-refractivity contribution is -0.139. The molecule has 2 amide bonds. The molecular formula is C19H24N4O4. The maximum absolute atomic E-state index is 12.5. The number of ether oxygens (including phenoxy) is 1. The molecule has 8 nitrogen and oxygen atoms in total. The lowest BCUT2D eigenvalue weighted by Gasteiger charge is -2.35. The molecule has 3 rings (SSSR count). The maximum atomic E-state index is 12.5. The van der Waals surface area contributed by atoms with Gasteiger partial charge in [-0.3, -0.25) is 9.59 Å². The van der Waals surface area contributed by atoms with Gasteiger partial charge in [-0.15, -0.1) is 10.2 Å². The maximum Gasteiger partial charge on any atom is 0.227 e. The van der Waals surface area contributed by atoms with Crippen LogP contribution in [-0.4, -0.2) is 65.1 Å². The van der Waals surface area contributed by atoms with Crippen LogP contribution in [0.4, 0.5) is 0 Å². The molecule has 1 aliphatic rings. The molecule has 0 radical (unpaired) electrons. The Balaban J connectivity index is 1.43. The Hall–Kier alpha value is -2.90. The summed E-state index contributed by atoms with van der Waals surface area (Å²) in [4.78, 5) is 28.4. The monoisotopic (exact) mass is 372 g/mol. The number of aryl methyl sites for hydroxylation is 2. The van der Waals surface area contributed by atoms with E-state index in [1.165, 1.54) is 0 Å². The summed E-state index contributed by atoms with van der Waals surface area (Å²) in [5, 5.41) is 7.66. The van der Waals surface area contributed by atoms with Crippen LogP contribution in [-0.2, 0) is 22.4 Å². The van der Waals surface area contributed by atoms with Crippen molar-refractivity contribution in [3.8, 4) is 5.75 Å². The van der Waals surface area contributed by atoms with Gasteiger partial charge in [-0.2, -0.15) is 0 Å². The first-order valence-electron chi connectivity index (χ1n) is 9.02. The Morgan fingerprint density at radius 1 is 1.04 bits per heavy atom. The van der Waals surface area contributed by atoms with Gasteiger partial charge in [0.2, 0.25) is 23.6 Å². The fourth-order valence-corrected chi connectivity index (χ4v) is 3.05. The van der Waals surface area contributed by atoms with Crippen LogP contribution < -0.4 is 4.74 Å². The van der Waals surface area contributed by atoms with Gasteiger partial charge in [0.05, 0.1) is 13.5 Å². The number of piperazine rings is 1. The van der Waals surface area contributed by atoms with E-state index >= 15 is 0 Å². The number of benzene rings is 1. The Bertz CT molecular complexity index is 779. The summed E-state index contributed by atoms with van der Waals surface area (Å²) in [5.74, 6) is 1.88. The van der Waals surface area contributed by atoms with E-state index in [1.54, 1.807) is 18.9 Å². The zero-order chi connectivity index (χ0) is 19.2. The van der Waals surface area contributed by atoms with Gasteiger partial charge in [-0.25, -0.2) is 0 Å². The lowest BCUT2D eigenvalue weighted by Crippen LogP contribution is -2.51. The Labute approximate surface area is 158 Å². The molecule has 0 aliphatic carbocycles. The van der Waals surface area contributed by atoms with E-state index in [4.69, 9.17) is 9.15 Å². The SMILES string of the molecule is COc1ccc(CC(=O)N2CCN(C(=O)CCc3nnc(C)o3)CC2)cc1. The molecule has 0 N–H and O–H groups in total. The third-order valence-electron chi connectivity index (χ3n) is 4.62. The van der Waals surface area contributed by atoms with E-state index < -0.39 is 0 Å². The number of nitrogens with zero attached hydrogens (tertiary/aromatic N) is 4. The molecule has 1 fully saturated rings. The van der Waals surface area contributed by atoms with Gasteiger partial charge in [-0.05, 0) is 17.7 Å². The van der Waals surface area contributed by atoms with Crippen molar-refractivity contribution < 1.29 is 18.7 Å². The Morgan fingerprint density at radius 3 is 2.22 bits per heavy atom. The standard InChI is InChI=1S/C19H24N4O4/c1-14-20-21-17(27-14)7-8-18(24)22-9-11-23(12-10-22)19(25)13-15-3-5-16(26-2)6-4-15/h3-6H,7-13H2,1-2H3. The molecule has 0 spiro atoms. The number of hydrogen-bond acceptors (Lipinski definition) is 6. The molecule has 27 heavy (non-hydrogen) atoms. The molecular weight excluding hydrogens is 348 g/mol. The highest BCUT2D eigenvalue weighted by Crippen LogP contribution is 2.13. The van der Waals surface area contributed by atoms with Gasteiger partial charge < -0.3 is 19.0 Å². The van der Waals surface area contributed by atoms with Crippen LogP contribution >= 0.6 is 0 Å². The van der Waals surface area contributed by atoms with E-state index in [2.05, 4.69) is 10.2 Å². The van der Waals surface area contributed by atoms with Crippen LogP contribution in [0.25, 0.3) is 0 Å². The first-order valence-corrected chi connectivity index (χ1v) is 9.02. The molecule has 0 atom stereocenters. The van der Waals surface area contributed by atoms with Crippen molar-refractivity contribution in [1.82, 2.24) is 20.0 Å². The van der Waals surface area contributed by atoms with Crippen molar-refractivity contribution >= 4 is 11.8 Å². The Morgan fingerprint density at radius 2 is 1.67 bits per heavy atom. The van der Waals surface area contributed by atoms with Gasteiger partial charge in [0.25, 0.3) is 0 Å². The minimum Gasteiger partial charge on any atom is -0.497 e. The summed E-state index contributed by atoms with van der Waals surface area (Å²) in [6, 6.07) is 7.50. The van der Waals surface area contributed by atoms with Crippen molar-refractivity contribution in [3.63, 3.8) is 0 Å². The third kappa shape index (κ3) is 5.06. The van der Waals surface area contributed by atoms with Gasteiger partial charge in [-0.1, -0.05) is 12.1 Å². The van der Waals surface area contributed by atoms with Crippen molar-refractivity contribution in [2.45, 2.75) is 26.2 Å². The molecule has 8 heteroatoms.